The molecule has 102 valence electrons. The molecule has 0 radical (unpaired) electrons. The lowest BCUT2D eigenvalue weighted by molar-refractivity contribution is -0.136. The molecule has 20 heavy (non-hydrogen) atoms. The van der Waals surface area contributed by atoms with Crippen LogP contribution in [-0.4, -0.2) is 10.9 Å². The Morgan fingerprint density at radius 3 is 2.30 bits per heavy atom. The number of Topliss-reactive ketones (excluding diaryl/α,β-unsaturated/α-hetero) is 1. The molecule has 1 fully saturated rings. The first-order chi connectivity index (χ1) is 9.66. The van der Waals surface area contributed by atoms with Crippen LogP contribution in [0.3, 0.4) is 0 Å². The Kier molecular flexibility index (Phi) is 3.60. The highest BCUT2D eigenvalue weighted by Crippen LogP contribution is 2.46. The number of hydrogen-bond acceptors (Lipinski definition) is 2. The molecule has 1 N–H and O–H groups in total. The first-order valence-electron chi connectivity index (χ1n) is 6.68. The van der Waals surface area contributed by atoms with Gasteiger partial charge in [0.05, 0.1) is 12.0 Å². The minimum atomic E-state index is -0.765. The van der Waals surface area contributed by atoms with Gasteiger partial charge in [0.1, 0.15) is 5.78 Å². The standard InChI is InChI=1S/C17H15ClO2/c18-13-8-6-12(7-9-13)17(20)16-14(10-15(16)19)11-4-2-1-3-5-11/h1-9,14,16-17,20H,10H2/t14-,16-,17+/m1/s1. The Morgan fingerprint density at radius 1 is 1.05 bits per heavy atom. The van der Waals surface area contributed by atoms with Crippen molar-refractivity contribution in [2.45, 2.75) is 18.4 Å². The molecule has 2 aromatic carbocycles. The molecule has 2 nitrogen and oxygen atoms in total. The van der Waals surface area contributed by atoms with Crippen LogP contribution in [0.25, 0.3) is 0 Å². The van der Waals surface area contributed by atoms with Crippen molar-refractivity contribution >= 4 is 17.4 Å². The molecule has 0 aromatic heterocycles. The lowest BCUT2D eigenvalue weighted by Gasteiger charge is -2.38. The molecule has 1 saturated carbocycles. The van der Waals surface area contributed by atoms with Crippen LogP contribution in [0.15, 0.2) is 54.6 Å². The van der Waals surface area contributed by atoms with Gasteiger partial charge in [-0.2, -0.15) is 0 Å². The largest absolute Gasteiger partial charge is 0.388 e. The number of ketones is 1. The third-order valence-corrected chi connectivity index (χ3v) is 4.26. The normalized spacial score (nSPS) is 23.2. The fourth-order valence-corrected chi connectivity index (χ4v) is 2.96. The maximum atomic E-state index is 11.9. The van der Waals surface area contributed by atoms with E-state index in [2.05, 4.69) is 0 Å². The molecule has 0 heterocycles. The van der Waals surface area contributed by atoms with Crippen LogP contribution in [0.1, 0.15) is 29.6 Å². The highest BCUT2D eigenvalue weighted by Gasteiger charge is 2.45. The van der Waals surface area contributed by atoms with E-state index in [9.17, 15) is 9.90 Å². The first kappa shape index (κ1) is 13.3. The number of carbonyl (C=O) groups is 1. The van der Waals surface area contributed by atoms with E-state index >= 15 is 0 Å². The van der Waals surface area contributed by atoms with Crippen LogP contribution in [0.4, 0.5) is 0 Å². The monoisotopic (exact) mass is 286 g/mol. The predicted molar refractivity (Wildman–Crippen MR) is 78.7 cm³/mol. The second-order valence-corrected chi connectivity index (χ2v) is 5.65. The molecule has 1 aliphatic carbocycles. The van der Waals surface area contributed by atoms with E-state index in [1.165, 1.54) is 0 Å². The Labute approximate surface area is 123 Å². The van der Waals surface area contributed by atoms with Crippen LogP contribution in [-0.2, 0) is 4.79 Å². The zero-order valence-corrected chi connectivity index (χ0v) is 11.6. The van der Waals surface area contributed by atoms with Gasteiger partial charge in [-0.05, 0) is 23.3 Å². The van der Waals surface area contributed by atoms with Gasteiger partial charge in [-0.1, -0.05) is 54.1 Å². The van der Waals surface area contributed by atoms with Gasteiger partial charge in [0, 0.05) is 17.4 Å². The summed E-state index contributed by atoms with van der Waals surface area (Å²) in [7, 11) is 0. The summed E-state index contributed by atoms with van der Waals surface area (Å²) in [5, 5.41) is 11.1. The molecular weight excluding hydrogens is 272 g/mol. The van der Waals surface area contributed by atoms with E-state index in [1.54, 1.807) is 24.3 Å². The fourth-order valence-electron chi connectivity index (χ4n) is 2.83. The van der Waals surface area contributed by atoms with E-state index in [4.69, 9.17) is 11.6 Å². The SMILES string of the molecule is O=C1C[C@H](c2ccccc2)[C@H]1[C@@H](O)c1ccc(Cl)cc1. The highest BCUT2D eigenvalue weighted by atomic mass is 35.5. The third kappa shape index (κ3) is 2.37. The molecule has 3 heteroatoms. The summed E-state index contributed by atoms with van der Waals surface area (Å²) in [6.45, 7) is 0. The summed E-state index contributed by atoms with van der Waals surface area (Å²) in [5.41, 5.74) is 1.86. The van der Waals surface area contributed by atoms with E-state index in [0.29, 0.717) is 11.4 Å². The minimum Gasteiger partial charge on any atom is -0.388 e. The number of halogens is 1. The molecule has 0 saturated heterocycles. The average Bonchev–Trinajstić information content (AvgIpc) is 2.46. The third-order valence-electron chi connectivity index (χ3n) is 4.01. The molecule has 3 rings (SSSR count). The van der Waals surface area contributed by atoms with Crippen molar-refractivity contribution in [1.82, 2.24) is 0 Å². The Morgan fingerprint density at radius 2 is 1.70 bits per heavy atom. The van der Waals surface area contributed by atoms with Gasteiger partial charge in [0.2, 0.25) is 0 Å². The summed E-state index contributed by atoms with van der Waals surface area (Å²) < 4.78 is 0. The zero-order valence-electron chi connectivity index (χ0n) is 10.9. The second-order valence-electron chi connectivity index (χ2n) is 5.21. The summed E-state index contributed by atoms with van der Waals surface area (Å²) >= 11 is 5.85. The van der Waals surface area contributed by atoms with Gasteiger partial charge in [-0.25, -0.2) is 0 Å². The molecule has 0 amide bonds. The molecule has 3 atom stereocenters. The first-order valence-corrected chi connectivity index (χ1v) is 7.06. The smallest absolute Gasteiger partial charge is 0.140 e. The van der Waals surface area contributed by atoms with Gasteiger partial charge < -0.3 is 5.11 Å². The molecule has 0 aliphatic heterocycles. The van der Waals surface area contributed by atoms with Gasteiger partial charge >= 0.3 is 0 Å². The summed E-state index contributed by atoms with van der Waals surface area (Å²) in [4.78, 5) is 11.9. The van der Waals surface area contributed by atoms with Crippen molar-refractivity contribution in [3.63, 3.8) is 0 Å². The maximum Gasteiger partial charge on any atom is 0.140 e. The number of hydrogen-bond donors (Lipinski definition) is 1. The van der Waals surface area contributed by atoms with Crippen molar-refractivity contribution in [2.75, 3.05) is 0 Å². The van der Waals surface area contributed by atoms with Gasteiger partial charge in [-0.15, -0.1) is 0 Å². The lowest BCUT2D eigenvalue weighted by atomic mass is 9.65. The maximum absolute atomic E-state index is 11.9. The number of aliphatic hydroxyl groups excluding tert-OH is 1. The average molecular weight is 287 g/mol. The fraction of sp³-hybridized carbons (Fsp3) is 0.235. The van der Waals surface area contributed by atoms with Gasteiger partial charge in [0.15, 0.2) is 0 Å². The Balaban J connectivity index is 1.84. The van der Waals surface area contributed by atoms with Crippen LogP contribution in [0.2, 0.25) is 5.02 Å². The van der Waals surface area contributed by atoms with E-state index in [0.717, 1.165) is 11.1 Å². The molecule has 0 unspecified atom stereocenters. The van der Waals surface area contributed by atoms with Crippen LogP contribution in [0, 0.1) is 5.92 Å². The minimum absolute atomic E-state index is 0.106. The number of benzene rings is 2. The summed E-state index contributed by atoms with van der Waals surface area (Å²) in [6, 6.07) is 16.9. The lowest BCUT2D eigenvalue weighted by Crippen LogP contribution is -2.39. The van der Waals surface area contributed by atoms with Gasteiger partial charge in [0.25, 0.3) is 0 Å². The second kappa shape index (κ2) is 5.39. The number of rotatable bonds is 3. The topological polar surface area (TPSA) is 37.3 Å². The molecule has 1 aliphatic rings. The van der Waals surface area contributed by atoms with Crippen LogP contribution < -0.4 is 0 Å². The number of aliphatic hydroxyl groups is 1. The van der Waals surface area contributed by atoms with Crippen molar-refractivity contribution < 1.29 is 9.90 Å². The molecular formula is C17H15ClO2. The van der Waals surface area contributed by atoms with Crippen LogP contribution >= 0.6 is 11.6 Å². The predicted octanol–water partition coefficient (Wildman–Crippen LogP) is 3.75. The summed E-state index contributed by atoms with van der Waals surface area (Å²) in [6.07, 6.45) is -0.252. The molecule has 2 aromatic rings. The van der Waals surface area contributed by atoms with Crippen molar-refractivity contribution in [3.05, 3.63) is 70.7 Å². The van der Waals surface area contributed by atoms with E-state index in [-0.39, 0.29) is 17.6 Å². The molecule has 0 bridgehead atoms. The van der Waals surface area contributed by atoms with Crippen LogP contribution in [0.5, 0.6) is 0 Å². The van der Waals surface area contributed by atoms with Gasteiger partial charge in [-0.3, -0.25) is 4.79 Å². The number of carbonyl (C=O) groups excluding carboxylic acids is 1. The van der Waals surface area contributed by atoms with E-state index < -0.39 is 6.10 Å². The molecule has 0 spiro atoms. The van der Waals surface area contributed by atoms with Crippen molar-refractivity contribution in [1.29, 1.82) is 0 Å². The zero-order chi connectivity index (χ0) is 14.1. The van der Waals surface area contributed by atoms with Crippen molar-refractivity contribution in [3.8, 4) is 0 Å². The Hall–Kier alpha value is -1.64. The highest BCUT2D eigenvalue weighted by molar-refractivity contribution is 6.30. The van der Waals surface area contributed by atoms with E-state index in [1.807, 2.05) is 30.3 Å². The summed E-state index contributed by atoms with van der Waals surface area (Å²) in [5.74, 6) is -0.116. The Bertz CT molecular complexity index is 607. The quantitative estimate of drug-likeness (QED) is 0.933. The van der Waals surface area contributed by atoms with Crippen molar-refractivity contribution in [2.24, 2.45) is 5.92 Å².